The maximum absolute atomic E-state index is 11.0. The number of hydrogen-bond donors (Lipinski definition) is 2. The molecule has 0 spiro atoms. The Balaban J connectivity index is 2.68. The fourth-order valence-electron chi connectivity index (χ4n) is 1.77. The average molecular weight is 270 g/mol. The topological polar surface area (TPSA) is 72.3 Å². The Morgan fingerprint density at radius 2 is 2.17 bits per heavy atom. The van der Waals surface area contributed by atoms with Gasteiger partial charge in [0.25, 0.3) is 0 Å². The third-order valence-electron chi connectivity index (χ3n) is 2.67. The second-order valence-corrected chi connectivity index (χ2v) is 4.79. The molecule has 1 amide bonds. The lowest BCUT2D eigenvalue weighted by Gasteiger charge is -2.20. The Hall–Kier alpha value is -1.26. The lowest BCUT2D eigenvalue weighted by atomic mass is 10.2. The van der Waals surface area contributed by atoms with Gasteiger partial charge in [-0.05, 0) is 30.7 Å². The summed E-state index contributed by atoms with van der Waals surface area (Å²) in [5.41, 5.74) is 12.6. The molecule has 100 valence electrons. The summed E-state index contributed by atoms with van der Waals surface area (Å²) in [4.78, 5) is 13.0. The first-order valence-corrected chi connectivity index (χ1v) is 6.45. The first kappa shape index (κ1) is 14.8. The molecule has 0 unspecified atom stereocenters. The molecule has 0 aliphatic rings. The standard InChI is InChI=1S/C13H20ClN3O/c1-2-3-6-17(9-13(16)18)8-10-4-5-11(14)12(15)7-10/h4-5,7H,2-3,6,8-9,15H2,1H3,(H2,16,18). The summed E-state index contributed by atoms with van der Waals surface area (Å²) in [7, 11) is 0. The highest BCUT2D eigenvalue weighted by atomic mass is 35.5. The van der Waals surface area contributed by atoms with Crippen LogP contribution in [0.25, 0.3) is 0 Å². The third kappa shape index (κ3) is 4.94. The van der Waals surface area contributed by atoms with E-state index in [1.165, 1.54) is 0 Å². The van der Waals surface area contributed by atoms with Crippen molar-refractivity contribution in [1.82, 2.24) is 4.90 Å². The zero-order valence-electron chi connectivity index (χ0n) is 10.7. The van der Waals surface area contributed by atoms with Gasteiger partial charge in [-0.3, -0.25) is 9.69 Å². The van der Waals surface area contributed by atoms with E-state index >= 15 is 0 Å². The van der Waals surface area contributed by atoms with Gasteiger partial charge in [0.1, 0.15) is 0 Å². The molecule has 0 atom stereocenters. The van der Waals surface area contributed by atoms with Crippen LogP contribution in [0.3, 0.4) is 0 Å². The lowest BCUT2D eigenvalue weighted by molar-refractivity contribution is -0.119. The molecule has 5 heteroatoms. The van der Waals surface area contributed by atoms with Gasteiger partial charge in [0.15, 0.2) is 0 Å². The van der Waals surface area contributed by atoms with Crippen LogP contribution in [0.5, 0.6) is 0 Å². The summed E-state index contributed by atoms with van der Waals surface area (Å²) in [6, 6.07) is 5.52. The number of nitrogens with zero attached hydrogens (tertiary/aromatic N) is 1. The van der Waals surface area contributed by atoms with Gasteiger partial charge < -0.3 is 11.5 Å². The highest BCUT2D eigenvalue weighted by molar-refractivity contribution is 6.33. The molecule has 4 N–H and O–H groups in total. The number of unbranched alkanes of at least 4 members (excludes halogenated alkanes) is 1. The number of rotatable bonds is 7. The molecule has 0 aliphatic carbocycles. The summed E-state index contributed by atoms with van der Waals surface area (Å²) in [5.74, 6) is -0.312. The van der Waals surface area contributed by atoms with Gasteiger partial charge in [-0.1, -0.05) is 31.0 Å². The van der Waals surface area contributed by atoms with Crippen molar-refractivity contribution in [3.8, 4) is 0 Å². The monoisotopic (exact) mass is 269 g/mol. The number of halogens is 1. The number of amides is 1. The van der Waals surface area contributed by atoms with E-state index in [0.29, 0.717) is 17.3 Å². The molecule has 1 rings (SSSR count). The van der Waals surface area contributed by atoms with Gasteiger partial charge in [-0.2, -0.15) is 0 Å². The van der Waals surface area contributed by atoms with Crippen molar-refractivity contribution in [2.75, 3.05) is 18.8 Å². The molecule has 0 aromatic heterocycles. The van der Waals surface area contributed by atoms with E-state index < -0.39 is 0 Å². The van der Waals surface area contributed by atoms with Gasteiger partial charge in [0.2, 0.25) is 5.91 Å². The van der Waals surface area contributed by atoms with Crippen molar-refractivity contribution in [2.24, 2.45) is 5.73 Å². The van der Waals surface area contributed by atoms with E-state index in [1.54, 1.807) is 6.07 Å². The molecule has 0 saturated heterocycles. The van der Waals surface area contributed by atoms with Crippen molar-refractivity contribution in [2.45, 2.75) is 26.3 Å². The number of carbonyl (C=O) groups is 1. The van der Waals surface area contributed by atoms with Gasteiger partial charge in [0.05, 0.1) is 17.3 Å². The highest BCUT2D eigenvalue weighted by Gasteiger charge is 2.09. The van der Waals surface area contributed by atoms with E-state index in [2.05, 4.69) is 6.92 Å². The predicted octanol–water partition coefficient (Wildman–Crippen LogP) is 2.01. The van der Waals surface area contributed by atoms with E-state index in [0.717, 1.165) is 24.9 Å². The van der Waals surface area contributed by atoms with Crippen LogP contribution in [0.4, 0.5) is 5.69 Å². The summed E-state index contributed by atoms with van der Waals surface area (Å²) in [6.45, 7) is 3.89. The van der Waals surface area contributed by atoms with Gasteiger partial charge >= 0.3 is 0 Å². The predicted molar refractivity (Wildman–Crippen MR) is 75.2 cm³/mol. The lowest BCUT2D eigenvalue weighted by Crippen LogP contribution is -2.34. The second-order valence-electron chi connectivity index (χ2n) is 4.39. The van der Waals surface area contributed by atoms with Gasteiger partial charge in [0, 0.05) is 6.54 Å². The zero-order valence-corrected chi connectivity index (χ0v) is 11.4. The molecule has 0 saturated carbocycles. The first-order chi connectivity index (χ1) is 8.52. The summed E-state index contributed by atoms with van der Waals surface area (Å²) < 4.78 is 0. The number of primary amides is 1. The van der Waals surface area contributed by atoms with Crippen LogP contribution in [0.15, 0.2) is 18.2 Å². The van der Waals surface area contributed by atoms with Crippen LogP contribution in [0.1, 0.15) is 25.3 Å². The average Bonchev–Trinajstić information content (AvgIpc) is 2.30. The number of anilines is 1. The van der Waals surface area contributed by atoms with E-state index in [-0.39, 0.29) is 12.5 Å². The van der Waals surface area contributed by atoms with Crippen LogP contribution in [0, 0.1) is 0 Å². The maximum Gasteiger partial charge on any atom is 0.231 e. The van der Waals surface area contributed by atoms with Crippen molar-refractivity contribution < 1.29 is 4.79 Å². The largest absolute Gasteiger partial charge is 0.398 e. The molecule has 0 fully saturated rings. The minimum absolute atomic E-state index is 0.266. The van der Waals surface area contributed by atoms with Crippen molar-refractivity contribution in [3.05, 3.63) is 28.8 Å². The summed E-state index contributed by atoms with van der Waals surface area (Å²) >= 11 is 5.87. The molecule has 0 radical (unpaired) electrons. The fourth-order valence-corrected chi connectivity index (χ4v) is 1.88. The number of nitrogen functional groups attached to an aromatic ring is 1. The van der Waals surface area contributed by atoms with Gasteiger partial charge in [-0.15, -0.1) is 0 Å². The van der Waals surface area contributed by atoms with E-state index in [9.17, 15) is 4.79 Å². The van der Waals surface area contributed by atoms with Crippen LogP contribution in [-0.2, 0) is 11.3 Å². The van der Waals surface area contributed by atoms with Crippen molar-refractivity contribution in [1.29, 1.82) is 0 Å². The number of carbonyl (C=O) groups excluding carboxylic acids is 1. The Morgan fingerprint density at radius 1 is 1.44 bits per heavy atom. The second kappa shape index (κ2) is 7.24. The van der Waals surface area contributed by atoms with Gasteiger partial charge in [-0.25, -0.2) is 0 Å². The first-order valence-electron chi connectivity index (χ1n) is 6.07. The minimum Gasteiger partial charge on any atom is -0.398 e. The number of benzene rings is 1. The van der Waals surface area contributed by atoms with Crippen LogP contribution >= 0.6 is 11.6 Å². The van der Waals surface area contributed by atoms with Crippen LogP contribution in [-0.4, -0.2) is 23.9 Å². The molecule has 0 heterocycles. The van der Waals surface area contributed by atoms with Crippen LogP contribution < -0.4 is 11.5 Å². The number of hydrogen-bond acceptors (Lipinski definition) is 3. The highest BCUT2D eigenvalue weighted by Crippen LogP contribution is 2.20. The minimum atomic E-state index is -0.312. The van der Waals surface area contributed by atoms with E-state index in [4.69, 9.17) is 23.1 Å². The Labute approximate surface area is 113 Å². The van der Waals surface area contributed by atoms with Crippen LogP contribution in [0.2, 0.25) is 5.02 Å². The number of nitrogens with two attached hydrogens (primary N) is 2. The molecule has 0 bridgehead atoms. The molecular formula is C13H20ClN3O. The molecule has 1 aromatic rings. The SMILES string of the molecule is CCCCN(CC(N)=O)Cc1ccc(Cl)c(N)c1. The molecule has 1 aromatic carbocycles. The van der Waals surface area contributed by atoms with Crippen molar-refractivity contribution >= 4 is 23.2 Å². The quantitative estimate of drug-likeness (QED) is 0.744. The maximum atomic E-state index is 11.0. The van der Waals surface area contributed by atoms with E-state index in [1.807, 2.05) is 17.0 Å². The molecular weight excluding hydrogens is 250 g/mol. The normalized spacial score (nSPS) is 10.8. The Kier molecular flexibility index (Phi) is 5.95. The Morgan fingerprint density at radius 3 is 2.72 bits per heavy atom. The zero-order chi connectivity index (χ0) is 13.5. The smallest absolute Gasteiger partial charge is 0.231 e. The molecule has 0 aliphatic heterocycles. The van der Waals surface area contributed by atoms with Crippen molar-refractivity contribution in [3.63, 3.8) is 0 Å². The summed E-state index contributed by atoms with van der Waals surface area (Å²) in [5, 5.41) is 0.550. The fraction of sp³-hybridized carbons (Fsp3) is 0.462. The Bertz CT molecular complexity index is 409. The molecule has 18 heavy (non-hydrogen) atoms. The summed E-state index contributed by atoms with van der Waals surface area (Å²) in [6.07, 6.45) is 2.12. The molecule has 4 nitrogen and oxygen atoms in total. The third-order valence-corrected chi connectivity index (χ3v) is 3.02.